The Bertz CT molecular complexity index is 1820. The van der Waals surface area contributed by atoms with Gasteiger partial charge in [0.2, 0.25) is 0 Å². The van der Waals surface area contributed by atoms with Crippen molar-refractivity contribution in [2.24, 2.45) is 0 Å². The maximum absolute atomic E-state index is 13.1. The third-order valence-corrected chi connectivity index (χ3v) is 7.51. The summed E-state index contributed by atoms with van der Waals surface area (Å²) in [6, 6.07) is 13.4. The molecule has 2 N–H and O–H groups in total. The molecule has 1 fully saturated rings. The third-order valence-electron chi connectivity index (χ3n) is 7.51. The number of nitrogens with one attached hydrogen (secondary N) is 2. The van der Waals surface area contributed by atoms with E-state index in [1.54, 1.807) is 23.1 Å². The first-order chi connectivity index (χ1) is 19.4. The summed E-state index contributed by atoms with van der Waals surface area (Å²) in [5.74, 6) is 0.461. The second-order valence-corrected chi connectivity index (χ2v) is 10.4. The zero-order chi connectivity index (χ0) is 27.5. The lowest BCUT2D eigenvalue weighted by Gasteiger charge is -2.22. The SMILES string of the molecule is CN(C)Cc1nc(Nc2ccc(-c3cnc4ccc5occc5n34)c3c2C(=O)NC3)ccc1N1CCN(C)C1=O. The number of carbonyl (C=O) groups is 2. The highest BCUT2D eigenvalue weighted by molar-refractivity contribution is 6.06. The average Bonchev–Trinajstić information content (AvgIpc) is 3.72. The van der Waals surface area contributed by atoms with Crippen LogP contribution in [0.25, 0.3) is 28.0 Å². The number of aromatic nitrogens is 3. The van der Waals surface area contributed by atoms with Gasteiger partial charge >= 0.3 is 6.03 Å². The van der Waals surface area contributed by atoms with Gasteiger partial charge in [-0.15, -0.1) is 0 Å². The molecule has 4 aromatic heterocycles. The number of amides is 3. The van der Waals surface area contributed by atoms with Gasteiger partial charge in [-0.05, 0) is 50.0 Å². The molecule has 40 heavy (non-hydrogen) atoms. The summed E-state index contributed by atoms with van der Waals surface area (Å²) in [4.78, 5) is 40.7. The van der Waals surface area contributed by atoms with Crippen molar-refractivity contribution in [3.8, 4) is 11.3 Å². The molecular formula is C29H28N8O3. The molecule has 6 heterocycles. The number of nitrogens with zero attached hydrogens (tertiary/aromatic N) is 6. The van der Waals surface area contributed by atoms with Gasteiger partial charge in [0, 0.05) is 44.9 Å². The lowest BCUT2D eigenvalue weighted by molar-refractivity contribution is 0.0966. The topological polar surface area (TPSA) is 111 Å². The Balaban J connectivity index is 1.29. The van der Waals surface area contributed by atoms with Gasteiger partial charge in [0.1, 0.15) is 11.5 Å². The van der Waals surface area contributed by atoms with E-state index in [0.717, 1.165) is 44.9 Å². The van der Waals surface area contributed by atoms with E-state index < -0.39 is 0 Å². The predicted octanol–water partition coefficient (Wildman–Crippen LogP) is 4.06. The van der Waals surface area contributed by atoms with Gasteiger partial charge < -0.3 is 24.9 Å². The van der Waals surface area contributed by atoms with E-state index in [0.29, 0.717) is 43.2 Å². The van der Waals surface area contributed by atoms with Crippen LogP contribution in [0.15, 0.2) is 59.3 Å². The molecule has 11 nitrogen and oxygen atoms in total. The number of likely N-dealkylation sites (N-methyl/N-ethyl adjacent to an activating group) is 1. The molecule has 11 heteroatoms. The molecule has 2 aliphatic rings. The van der Waals surface area contributed by atoms with Crippen LogP contribution in [-0.2, 0) is 13.1 Å². The minimum atomic E-state index is -0.141. The summed E-state index contributed by atoms with van der Waals surface area (Å²) < 4.78 is 7.66. The summed E-state index contributed by atoms with van der Waals surface area (Å²) in [6.45, 7) is 2.27. The van der Waals surface area contributed by atoms with Crippen LogP contribution in [-0.4, -0.2) is 70.3 Å². The summed E-state index contributed by atoms with van der Waals surface area (Å²) in [5.41, 5.74) is 8.03. The minimum absolute atomic E-state index is 0.0345. The maximum atomic E-state index is 13.1. The van der Waals surface area contributed by atoms with Crippen LogP contribution >= 0.6 is 0 Å². The summed E-state index contributed by atoms with van der Waals surface area (Å²) in [7, 11) is 5.74. The minimum Gasteiger partial charge on any atom is -0.463 e. The van der Waals surface area contributed by atoms with Crippen molar-refractivity contribution in [1.29, 1.82) is 0 Å². The summed E-state index contributed by atoms with van der Waals surface area (Å²) >= 11 is 0. The van der Waals surface area contributed by atoms with Crippen molar-refractivity contribution >= 4 is 45.9 Å². The van der Waals surface area contributed by atoms with Crippen molar-refractivity contribution < 1.29 is 14.0 Å². The van der Waals surface area contributed by atoms with Crippen LogP contribution < -0.4 is 15.5 Å². The molecule has 0 atom stereocenters. The van der Waals surface area contributed by atoms with Crippen LogP contribution in [0.2, 0.25) is 0 Å². The Morgan fingerprint density at radius 2 is 1.95 bits per heavy atom. The largest absolute Gasteiger partial charge is 0.463 e. The zero-order valence-corrected chi connectivity index (χ0v) is 22.4. The number of urea groups is 1. The molecular weight excluding hydrogens is 508 g/mol. The van der Waals surface area contributed by atoms with Gasteiger partial charge in [-0.1, -0.05) is 6.07 Å². The van der Waals surface area contributed by atoms with E-state index >= 15 is 0 Å². The second-order valence-electron chi connectivity index (χ2n) is 10.4. The summed E-state index contributed by atoms with van der Waals surface area (Å²) in [5, 5.41) is 6.36. The molecule has 0 bridgehead atoms. The molecule has 0 aliphatic carbocycles. The van der Waals surface area contributed by atoms with Crippen LogP contribution in [0.4, 0.5) is 22.0 Å². The van der Waals surface area contributed by atoms with E-state index in [2.05, 4.69) is 20.0 Å². The van der Waals surface area contributed by atoms with E-state index in [9.17, 15) is 9.59 Å². The number of pyridine rings is 2. The fraction of sp³-hybridized carbons (Fsp3) is 0.241. The lowest BCUT2D eigenvalue weighted by atomic mass is 9.99. The summed E-state index contributed by atoms with van der Waals surface area (Å²) in [6.07, 6.45) is 3.50. The highest BCUT2D eigenvalue weighted by atomic mass is 16.3. The molecule has 0 unspecified atom stereocenters. The van der Waals surface area contributed by atoms with Crippen LogP contribution in [0.3, 0.4) is 0 Å². The quantitative estimate of drug-likeness (QED) is 0.337. The number of rotatable bonds is 6. The fourth-order valence-corrected chi connectivity index (χ4v) is 5.63. The van der Waals surface area contributed by atoms with E-state index in [4.69, 9.17) is 9.40 Å². The number of anilines is 3. The van der Waals surface area contributed by atoms with Crippen molar-refractivity contribution in [3.63, 3.8) is 0 Å². The first-order valence-corrected chi connectivity index (χ1v) is 13.1. The molecule has 0 spiro atoms. The smallest absolute Gasteiger partial charge is 0.324 e. The van der Waals surface area contributed by atoms with Crippen molar-refractivity contribution in [3.05, 3.63) is 71.7 Å². The maximum Gasteiger partial charge on any atom is 0.324 e. The van der Waals surface area contributed by atoms with Crippen molar-refractivity contribution in [2.75, 3.05) is 44.4 Å². The van der Waals surface area contributed by atoms with Crippen molar-refractivity contribution in [1.82, 2.24) is 29.5 Å². The molecule has 202 valence electrons. The Morgan fingerprint density at radius 1 is 1.07 bits per heavy atom. The number of hydrogen-bond acceptors (Lipinski definition) is 7. The van der Waals surface area contributed by atoms with Crippen LogP contribution in [0.5, 0.6) is 0 Å². The Hall–Kier alpha value is -4.90. The van der Waals surface area contributed by atoms with E-state index in [1.165, 1.54) is 0 Å². The number of benzene rings is 1. The molecule has 1 aromatic carbocycles. The Morgan fingerprint density at radius 3 is 2.75 bits per heavy atom. The highest BCUT2D eigenvalue weighted by Crippen LogP contribution is 2.37. The molecule has 5 aromatic rings. The average molecular weight is 537 g/mol. The molecule has 7 rings (SSSR count). The molecule has 1 saturated heterocycles. The van der Waals surface area contributed by atoms with Crippen LogP contribution in [0.1, 0.15) is 21.6 Å². The number of hydrogen-bond donors (Lipinski definition) is 2. The van der Waals surface area contributed by atoms with Gasteiger partial charge in [-0.3, -0.25) is 14.1 Å². The van der Waals surface area contributed by atoms with Gasteiger partial charge in [-0.2, -0.15) is 0 Å². The number of carbonyl (C=O) groups excluding carboxylic acids is 2. The zero-order valence-electron chi connectivity index (χ0n) is 22.4. The lowest BCUT2D eigenvalue weighted by Crippen LogP contribution is -2.30. The number of imidazole rings is 1. The number of furan rings is 1. The first-order valence-electron chi connectivity index (χ1n) is 13.1. The molecule has 2 aliphatic heterocycles. The number of fused-ring (bicyclic) bond motifs is 4. The first kappa shape index (κ1) is 24.2. The van der Waals surface area contributed by atoms with Gasteiger partial charge in [0.15, 0.2) is 5.58 Å². The third kappa shape index (κ3) is 3.77. The molecule has 0 radical (unpaired) electrons. The highest BCUT2D eigenvalue weighted by Gasteiger charge is 2.30. The standard InChI is InChI=1S/C29H28N8O3/c1-34(2)16-20-21(36-12-11-35(3)29(36)39)6-8-25(33-20)32-19-5-4-17(18-14-31-28(38)27(18)19)23-15-30-26-9-7-24-22(37(23)26)10-13-40-24/h4-10,13,15H,11-12,14,16H2,1-3H3,(H,31,38)(H,32,33). The second kappa shape index (κ2) is 9.09. The van der Waals surface area contributed by atoms with E-state index in [-0.39, 0.29) is 11.9 Å². The normalized spacial score (nSPS) is 15.1. The fourth-order valence-electron chi connectivity index (χ4n) is 5.63. The molecule has 3 amide bonds. The van der Waals surface area contributed by atoms with Crippen molar-refractivity contribution in [2.45, 2.75) is 13.1 Å². The predicted molar refractivity (Wildman–Crippen MR) is 152 cm³/mol. The van der Waals surface area contributed by atoms with Crippen LogP contribution in [0, 0.1) is 0 Å². The Kier molecular flexibility index (Phi) is 5.49. The molecule has 0 saturated carbocycles. The monoisotopic (exact) mass is 536 g/mol. The Labute approximate surface area is 230 Å². The van der Waals surface area contributed by atoms with Gasteiger partial charge in [-0.25, -0.2) is 14.8 Å². The van der Waals surface area contributed by atoms with E-state index in [1.807, 2.05) is 67.7 Å². The van der Waals surface area contributed by atoms with Gasteiger partial charge in [0.25, 0.3) is 5.91 Å². The van der Waals surface area contributed by atoms with Gasteiger partial charge in [0.05, 0.1) is 46.3 Å².